The lowest BCUT2D eigenvalue weighted by atomic mass is 9.98. The van der Waals surface area contributed by atoms with Gasteiger partial charge < -0.3 is 9.47 Å². The number of imide groups is 1. The van der Waals surface area contributed by atoms with Crippen molar-refractivity contribution >= 4 is 18.1 Å². The molecule has 0 aliphatic rings. The number of hydrogen-bond donors (Lipinski definition) is 1. The summed E-state index contributed by atoms with van der Waals surface area (Å²) in [6.07, 6.45) is 0.506. The molecule has 1 N–H and O–H groups in total. The smallest absolute Gasteiger partial charge is 0.436 e. The van der Waals surface area contributed by atoms with Gasteiger partial charge in [-0.05, 0) is 40.5 Å². The predicted octanol–water partition coefficient (Wildman–Crippen LogP) is 3.63. The second-order valence-electron chi connectivity index (χ2n) is 5.92. The van der Waals surface area contributed by atoms with Gasteiger partial charge in [-0.3, -0.25) is 4.79 Å². The van der Waals surface area contributed by atoms with Crippen LogP contribution < -0.4 is 5.43 Å². The van der Waals surface area contributed by atoms with Crippen molar-refractivity contribution in [3.8, 4) is 0 Å². The van der Waals surface area contributed by atoms with Crippen LogP contribution in [-0.4, -0.2) is 35.3 Å². The van der Waals surface area contributed by atoms with Gasteiger partial charge in [-0.15, -0.1) is 5.01 Å². The molecule has 134 valence electrons. The first-order chi connectivity index (χ1) is 10.7. The van der Waals surface area contributed by atoms with E-state index in [-0.39, 0.29) is 12.0 Å². The number of amides is 3. The van der Waals surface area contributed by atoms with Crippen molar-refractivity contribution < 1.29 is 23.9 Å². The fourth-order valence-corrected chi connectivity index (χ4v) is 1.91. The standard InChI is InChI=1S/C16H30N2O5/c1-7-9-10-13(8-2)14(19)18(16(21)23-12(5)6)17-15(20)22-11(3)4/h11-13H,7-10H2,1-6H3,(H,17,20). The molecule has 7 heteroatoms. The summed E-state index contributed by atoms with van der Waals surface area (Å²) in [5.74, 6) is -0.832. The van der Waals surface area contributed by atoms with Gasteiger partial charge in [-0.1, -0.05) is 26.7 Å². The molecule has 0 rings (SSSR count). The molecule has 0 aromatic carbocycles. The number of hydrogen-bond acceptors (Lipinski definition) is 5. The van der Waals surface area contributed by atoms with E-state index in [4.69, 9.17) is 9.47 Å². The Morgan fingerprint density at radius 2 is 1.57 bits per heavy atom. The van der Waals surface area contributed by atoms with Crippen LogP contribution in [0.25, 0.3) is 0 Å². The Morgan fingerprint density at radius 1 is 1.00 bits per heavy atom. The number of nitrogens with one attached hydrogen (secondary N) is 1. The first-order valence-electron chi connectivity index (χ1n) is 8.24. The molecule has 0 aromatic heterocycles. The minimum Gasteiger partial charge on any atom is -0.446 e. The van der Waals surface area contributed by atoms with E-state index in [2.05, 4.69) is 5.43 Å². The average Bonchev–Trinajstić information content (AvgIpc) is 2.43. The molecule has 0 aliphatic heterocycles. The SMILES string of the molecule is CCCCC(CC)C(=O)N(NC(=O)OC(C)C)C(=O)OC(C)C. The van der Waals surface area contributed by atoms with Crippen molar-refractivity contribution in [1.29, 1.82) is 0 Å². The van der Waals surface area contributed by atoms with Gasteiger partial charge in [0.15, 0.2) is 0 Å². The lowest BCUT2D eigenvalue weighted by molar-refractivity contribution is -0.137. The first kappa shape index (κ1) is 21.2. The van der Waals surface area contributed by atoms with Gasteiger partial charge in [0.1, 0.15) is 0 Å². The Hall–Kier alpha value is -1.79. The minimum atomic E-state index is -0.902. The zero-order valence-electron chi connectivity index (χ0n) is 15.0. The summed E-state index contributed by atoms with van der Waals surface area (Å²) >= 11 is 0. The van der Waals surface area contributed by atoms with Crippen LogP contribution in [0.5, 0.6) is 0 Å². The molecular formula is C16H30N2O5. The summed E-state index contributed by atoms with van der Waals surface area (Å²) < 4.78 is 9.96. The Bertz CT molecular complexity index is 396. The number of carbonyl (C=O) groups is 3. The number of nitrogens with zero attached hydrogens (tertiary/aromatic N) is 1. The van der Waals surface area contributed by atoms with Crippen LogP contribution >= 0.6 is 0 Å². The minimum absolute atomic E-state index is 0.353. The third kappa shape index (κ3) is 8.42. The maximum absolute atomic E-state index is 12.6. The van der Waals surface area contributed by atoms with Crippen molar-refractivity contribution in [3.05, 3.63) is 0 Å². The summed E-state index contributed by atoms with van der Waals surface area (Å²) in [7, 11) is 0. The zero-order valence-corrected chi connectivity index (χ0v) is 15.0. The molecule has 1 atom stereocenters. The summed E-state index contributed by atoms with van der Waals surface area (Å²) in [6, 6.07) is 0. The first-order valence-corrected chi connectivity index (χ1v) is 8.24. The predicted molar refractivity (Wildman–Crippen MR) is 86.5 cm³/mol. The van der Waals surface area contributed by atoms with Crippen molar-refractivity contribution in [1.82, 2.24) is 10.4 Å². The van der Waals surface area contributed by atoms with Crippen LogP contribution in [0.4, 0.5) is 9.59 Å². The second kappa shape index (κ2) is 10.9. The third-order valence-electron chi connectivity index (χ3n) is 3.03. The number of unbranched alkanes of at least 4 members (excludes halogenated alkanes) is 1. The highest BCUT2D eigenvalue weighted by Gasteiger charge is 2.31. The zero-order chi connectivity index (χ0) is 18.0. The maximum Gasteiger partial charge on any atom is 0.436 e. The fourth-order valence-electron chi connectivity index (χ4n) is 1.91. The van der Waals surface area contributed by atoms with E-state index < -0.39 is 24.2 Å². The normalized spacial score (nSPS) is 12.0. The van der Waals surface area contributed by atoms with Gasteiger partial charge in [0, 0.05) is 5.92 Å². The van der Waals surface area contributed by atoms with Gasteiger partial charge in [0.25, 0.3) is 5.91 Å². The Labute approximate surface area is 138 Å². The third-order valence-corrected chi connectivity index (χ3v) is 3.03. The van der Waals surface area contributed by atoms with Crippen LogP contribution in [0.1, 0.15) is 67.2 Å². The highest BCUT2D eigenvalue weighted by atomic mass is 16.6. The molecule has 7 nitrogen and oxygen atoms in total. The molecule has 0 aliphatic carbocycles. The topological polar surface area (TPSA) is 84.9 Å². The number of ether oxygens (including phenoxy) is 2. The van der Waals surface area contributed by atoms with Crippen LogP contribution in [-0.2, 0) is 14.3 Å². The lowest BCUT2D eigenvalue weighted by Crippen LogP contribution is -2.53. The quantitative estimate of drug-likeness (QED) is 0.721. The van der Waals surface area contributed by atoms with Gasteiger partial charge in [-0.2, -0.15) is 0 Å². The van der Waals surface area contributed by atoms with E-state index >= 15 is 0 Å². The monoisotopic (exact) mass is 330 g/mol. The fraction of sp³-hybridized carbons (Fsp3) is 0.812. The van der Waals surface area contributed by atoms with Crippen LogP contribution in [0.15, 0.2) is 0 Å². The molecule has 0 aromatic rings. The summed E-state index contributed by atoms with van der Waals surface area (Å²) in [6.45, 7) is 10.6. The summed E-state index contributed by atoms with van der Waals surface area (Å²) in [5.41, 5.74) is 2.19. The molecule has 0 spiro atoms. The van der Waals surface area contributed by atoms with E-state index in [9.17, 15) is 14.4 Å². The van der Waals surface area contributed by atoms with Gasteiger partial charge >= 0.3 is 12.2 Å². The largest absolute Gasteiger partial charge is 0.446 e. The van der Waals surface area contributed by atoms with E-state index in [1.165, 1.54) is 0 Å². The molecular weight excluding hydrogens is 300 g/mol. The molecule has 0 saturated heterocycles. The maximum atomic E-state index is 12.6. The number of carbonyl (C=O) groups excluding carboxylic acids is 3. The summed E-state index contributed by atoms with van der Waals surface area (Å²) in [5, 5.41) is 0.633. The highest BCUT2D eigenvalue weighted by Crippen LogP contribution is 2.16. The molecule has 0 radical (unpaired) electrons. The van der Waals surface area contributed by atoms with Crippen LogP contribution in [0.2, 0.25) is 0 Å². The van der Waals surface area contributed by atoms with E-state index in [0.717, 1.165) is 12.8 Å². The Kier molecular flexibility index (Phi) is 10.0. The molecule has 1 unspecified atom stereocenters. The average molecular weight is 330 g/mol. The summed E-state index contributed by atoms with van der Waals surface area (Å²) in [4.78, 5) is 36.5. The van der Waals surface area contributed by atoms with Gasteiger partial charge in [0.2, 0.25) is 0 Å². The van der Waals surface area contributed by atoms with Crippen molar-refractivity contribution in [3.63, 3.8) is 0 Å². The molecule has 0 bridgehead atoms. The van der Waals surface area contributed by atoms with Crippen molar-refractivity contribution in [2.75, 3.05) is 0 Å². The highest BCUT2D eigenvalue weighted by molar-refractivity contribution is 5.94. The number of rotatable bonds is 7. The Balaban J connectivity index is 5.11. The molecule has 0 fully saturated rings. The van der Waals surface area contributed by atoms with Crippen LogP contribution in [0.3, 0.4) is 0 Å². The lowest BCUT2D eigenvalue weighted by Gasteiger charge is -2.25. The molecule has 23 heavy (non-hydrogen) atoms. The van der Waals surface area contributed by atoms with Crippen LogP contribution in [0, 0.1) is 5.92 Å². The van der Waals surface area contributed by atoms with Crippen molar-refractivity contribution in [2.24, 2.45) is 5.92 Å². The van der Waals surface area contributed by atoms with Gasteiger partial charge in [-0.25, -0.2) is 15.0 Å². The van der Waals surface area contributed by atoms with E-state index in [1.54, 1.807) is 27.7 Å². The van der Waals surface area contributed by atoms with Gasteiger partial charge in [0.05, 0.1) is 12.2 Å². The Morgan fingerprint density at radius 3 is 2.00 bits per heavy atom. The molecule has 0 saturated carbocycles. The number of hydrazine groups is 1. The van der Waals surface area contributed by atoms with E-state index in [1.807, 2.05) is 13.8 Å². The van der Waals surface area contributed by atoms with E-state index in [0.29, 0.717) is 17.9 Å². The van der Waals surface area contributed by atoms with Crippen molar-refractivity contribution in [2.45, 2.75) is 79.4 Å². The molecule has 3 amide bonds. The molecule has 0 heterocycles. The second-order valence-corrected chi connectivity index (χ2v) is 5.92.